The lowest BCUT2D eigenvalue weighted by Gasteiger charge is -2.14. The van der Waals surface area contributed by atoms with E-state index in [-0.39, 0.29) is 12.5 Å². The number of carbonyl (C=O) groups excluding carboxylic acids is 2. The lowest BCUT2D eigenvalue weighted by atomic mass is 9.98. The Kier molecular flexibility index (Phi) is 6.86. The second-order valence-corrected chi connectivity index (χ2v) is 9.17. The maximum Gasteiger partial charge on any atom is 0.415 e. The average Bonchev–Trinajstić information content (AvgIpc) is 3.21. The Morgan fingerprint density at radius 3 is 2.08 bits per heavy atom. The molecule has 5 rings (SSSR count). The van der Waals surface area contributed by atoms with Crippen molar-refractivity contribution in [1.82, 2.24) is 5.32 Å². The van der Waals surface area contributed by atoms with E-state index in [2.05, 4.69) is 67.0 Å². The molecule has 0 saturated carbocycles. The maximum atomic E-state index is 12.5. The highest BCUT2D eigenvalue weighted by atomic mass is 16.5. The molecular formula is C32H28N2O3. The first-order valence-electron chi connectivity index (χ1n) is 12.3. The van der Waals surface area contributed by atoms with Crippen LogP contribution in [0.4, 0.5) is 15.3 Å². The molecule has 0 fully saturated rings. The fourth-order valence-electron chi connectivity index (χ4n) is 4.88. The Morgan fingerprint density at radius 2 is 1.41 bits per heavy atom. The first-order valence-corrected chi connectivity index (χ1v) is 12.3. The van der Waals surface area contributed by atoms with Crippen LogP contribution in [-0.4, -0.2) is 18.7 Å². The van der Waals surface area contributed by atoms with E-state index in [9.17, 15) is 9.59 Å². The molecule has 0 spiro atoms. The molecule has 1 aliphatic rings. The van der Waals surface area contributed by atoms with Crippen LogP contribution in [0.25, 0.3) is 23.3 Å². The number of aryl methyl sites for hydroxylation is 2. The summed E-state index contributed by atoms with van der Waals surface area (Å²) < 4.78 is 5.46. The fraction of sp³-hybridized carbons (Fsp3) is 0.125. The molecule has 1 aliphatic carbocycles. The molecule has 184 valence electrons. The van der Waals surface area contributed by atoms with Gasteiger partial charge in [0.25, 0.3) is 0 Å². The molecule has 0 bridgehead atoms. The van der Waals surface area contributed by atoms with E-state index >= 15 is 0 Å². The highest BCUT2D eigenvalue weighted by molar-refractivity contribution is 5.99. The molecule has 4 aromatic rings. The van der Waals surface area contributed by atoms with Gasteiger partial charge in [0.15, 0.2) is 0 Å². The van der Waals surface area contributed by atoms with Gasteiger partial charge in [-0.2, -0.15) is 0 Å². The van der Waals surface area contributed by atoms with Gasteiger partial charge in [0.1, 0.15) is 6.61 Å². The van der Waals surface area contributed by atoms with Crippen LogP contribution in [0, 0.1) is 13.8 Å². The van der Waals surface area contributed by atoms with Crippen molar-refractivity contribution in [3.63, 3.8) is 0 Å². The topological polar surface area (TPSA) is 67.4 Å². The van der Waals surface area contributed by atoms with Gasteiger partial charge < -0.3 is 10.1 Å². The molecule has 2 N–H and O–H groups in total. The summed E-state index contributed by atoms with van der Waals surface area (Å²) in [5, 5.41) is 4.97. The number of amides is 3. The maximum absolute atomic E-state index is 12.5. The van der Waals surface area contributed by atoms with E-state index in [1.165, 1.54) is 16.7 Å². The van der Waals surface area contributed by atoms with Crippen molar-refractivity contribution in [3.8, 4) is 11.1 Å². The molecular weight excluding hydrogens is 460 g/mol. The predicted molar refractivity (Wildman–Crippen MR) is 149 cm³/mol. The molecule has 0 atom stereocenters. The van der Waals surface area contributed by atoms with Crippen LogP contribution in [0.15, 0.2) is 91.0 Å². The van der Waals surface area contributed by atoms with Gasteiger partial charge in [-0.1, -0.05) is 91.0 Å². The molecule has 0 heterocycles. The number of imide groups is 1. The first-order chi connectivity index (χ1) is 18.0. The summed E-state index contributed by atoms with van der Waals surface area (Å²) in [6.45, 7) is 4.31. The number of fused-ring (bicyclic) bond motifs is 3. The molecule has 0 aromatic heterocycles. The lowest BCUT2D eigenvalue weighted by molar-refractivity contribution is 0.145. The van der Waals surface area contributed by atoms with E-state index in [1.54, 1.807) is 6.07 Å². The number of hydrogen-bond donors (Lipinski definition) is 2. The normalized spacial score (nSPS) is 12.2. The Bertz CT molecular complexity index is 1440. The van der Waals surface area contributed by atoms with Crippen LogP contribution >= 0.6 is 0 Å². The van der Waals surface area contributed by atoms with Crippen molar-refractivity contribution >= 4 is 30.0 Å². The SMILES string of the molecule is Cc1cccc(C)c1/C=C/c1cccc(NC(=O)NC(=O)OCC2c3ccccc3-c3ccccc32)c1. The molecule has 4 aromatic carbocycles. The Balaban J connectivity index is 1.19. The quantitative estimate of drug-likeness (QED) is 0.285. The molecule has 0 aliphatic heterocycles. The number of nitrogens with one attached hydrogen (secondary N) is 2. The van der Waals surface area contributed by atoms with Crippen molar-refractivity contribution in [2.24, 2.45) is 0 Å². The molecule has 0 saturated heterocycles. The Morgan fingerprint density at radius 1 is 0.784 bits per heavy atom. The van der Waals surface area contributed by atoms with Gasteiger partial charge in [0.05, 0.1) is 0 Å². The number of rotatable bonds is 5. The molecule has 0 unspecified atom stereocenters. The standard InChI is InChI=1S/C32H28N2O3/c1-21-9-7-10-22(2)25(21)18-17-23-11-8-12-24(19-23)33-31(35)34-32(36)37-20-30-28-15-5-3-13-26(28)27-14-4-6-16-29(27)30/h3-19,30H,20H2,1-2H3,(H2,33,34,35,36)/b18-17+. The fourth-order valence-corrected chi connectivity index (χ4v) is 4.88. The molecule has 5 nitrogen and oxygen atoms in total. The van der Waals surface area contributed by atoms with Crippen LogP contribution in [0.3, 0.4) is 0 Å². The molecule has 5 heteroatoms. The number of benzene rings is 4. The number of anilines is 1. The molecule has 3 amide bonds. The lowest BCUT2D eigenvalue weighted by Crippen LogP contribution is -2.35. The Hall–Kier alpha value is -4.64. The second-order valence-electron chi connectivity index (χ2n) is 9.17. The summed E-state index contributed by atoms with van der Waals surface area (Å²) in [5.41, 5.74) is 9.62. The van der Waals surface area contributed by atoms with Gasteiger partial charge in [0, 0.05) is 11.6 Å². The van der Waals surface area contributed by atoms with Gasteiger partial charge in [-0.3, -0.25) is 0 Å². The zero-order valence-corrected chi connectivity index (χ0v) is 20.8. The minimum atomic E-state index is -0.787. The molecule has 37 heavy (non-hydrogen) atoms. The number of hydrogen-bond acceptors (Lipinski definition) is 3. The zero-order valence-electron chi connectivity index (χ0n) is 20.8. The summed E-state index contributed by atoms with van der Waals surface area (Å²) >= 11 is 0. The zero-order chi connectivity index (χ0) is 25.8. The summed E-state index contributed by atoms with van der Waals surface area (Å²) in [6.07, 6.45) is 3.29. The third-order valence-corrected chi connectivity index (χ3v) is 6.69. The van der Waals surface area contributed by atoms with Gasteiger partial charge >= 0.3 is 12.1 Å². The van der Waals surface area contributed by atoms with E-state index in [0.29, 0.717) is 5.69 Å². The summed E-state index contributed by atoms with van der Waals surface area (Å²) in [4.78, 5) is 24.9. The van der Waals surface area contributed by atoms with E-state index in [0.717, 1.165) is 27.8 Å². The van der Waals surface area contributed by atoms with Crippen LogP contribution in [0.5, 0.6) is 0 Å². The number of urea groups is 1. The average molecular weight is 489 g/mol. The summed E-state index contributed by atoms with van der Waals surface area (Å²) in [7, 11) is 0. The van der Waals surface area contributed by atoms with E-state index in [1.807, 2.05) is 54.6 Å². The van der Waals surface area contributed by atoms with Gasteiger partial charge in [-0.25, -0.2) is 14.9 Å². The van der Waals surface area contributed by atoms with Crippen LogP contribution in [0.1, 0.15) is 39.3 Å². The predicted octanol–water partition coefficient (Wildman–Crippen LogP) is 7.54. The van der Waals surface area contributed by atoms with Gasteiger partial charge in [-0.15, -0.1) is 0 Å². The largest absolute Gasteiger partial charge is 0.448 e. The van der Waals surface area contributed by atoms with Crippen LogP contribution in [0.2, 0.25) is 0 Å². The monoisotopic (exact) mass is 488 g/mol. The minimum Gasteiger partial charge on any atom is -0.448 e. The smallest absolute Gasteiger partial charge is 0.415 e. The highest BCUT2D eigenvalue weighted by Crippen LogP contribution is 2.44. The summed E-state index contributed by atoms with van der Waals surface area (Å²) in [6, 6.07) is 29.2. The first kappa shape index (κ1) is 24.1. The van der Waals surface area contributed by atoms with Crippen molar-refractivity contribution in [1.29, 1.82) is 0 Å². The van der Waals surface area contributed by atoms with Crippen molar-refractivity contribution in [2.45, 2.75) is 19.8 Å². The van der Waals surface area contributed by atoms with Crippen molar-refractivity contribution in [2.75, 3.05) is 11.9 Å². The van der Waals surface area contributed by atoms with E-state index in [4.69, 9.17) is 4.74 Å². The van der Waals surface area contributed by atoms with Crippen LogP contribution < -0.4 is 10.6 Å². The van der Waals surface area contributed by atoms with Crippen molar-refractivity contribution in [3.05, 3.63) is 124 Å². The van der Waals surface area contributed by atoms with Gasteiger partial charge in [-0.05, 0) is 70.5 Å². The van der Waals surface area contributed by atoms with Crippen LogP contribution in [-0.2, 0) is 4.74 Å². The summed E-state index contributed by atoms with van der Waals surface area (Å²) in [5.74, 6) is -0.0680. The molecule has 0 radical (unpaired) electrons. The van der Waals surface area contributed by atoms with Gasteiger partial charge in [0.2, 0.25) is 0 Å². The minimum absolute atomic E-state index is 0.0680. The highest BCUT2D eigenvalue weighted by Gasteiger charge is 2.29. The number of alkyl carbamates (subject to hydrolysis) is 1. The Labute approximate surface area is 216 Å². The second kappa shape index (κ2) is 10.5. The number of carbonyl (C=O) groups is 2. The van der Waals surface area contributed by atoms with Crippen molar-refractivity contribution < 1.29 is 14.3 Å². The third-order valence-electron chi connectivity index (χ3n) is 6.69. The number of ether oxygens (including phenoxy) is 1. The third kappa shape index (κ3) is 5.31. The van der Waals surface area contributed by atoms with E-state index < -0.39 is 12.1 Å².